The SMILES string of the molecule is CCN1CCC2(CC1)C[C@H](O)c1cc(C)ccc1O2. The molecule has 0 radical (unpaired) electrons. The minimum absolute atomic E-state index is 0.145. The molecule has 1 N–H and O–H groups in total. The van der Waals surface area contributed by atoms with Crippen molar-refractivity contribution in [2.75, 3.05) is 19.6 Å². The highest BCUT2D eigenvalue weighted by Crippen LogP contribution is 2.44. The maximum Gasteiger partial charge on any atom is 0.125 e. The van der Waals surface area contributed by atoms with Gasteiger partial charge in [-0.05, 0) is 38.4 Å². The average molecular weight is 261 g/mol. The Morgan fingerprint density at radius 2 is 2.11 bits per heavy atom. The second kappa shape index (κ2) is 4.80. The second-order valence-electron chi connectivity index (χ2n) is 5.98. The summed E-state index contributed by atoms with van der Waals surface area (Å²) in [5.41, 5.74) is 1.99. The third-order valence-electron chi connectivity index (χ3n) is 4.63. The number of ether oxygens (including phenoxy) is 1. The molecule has 0 amide bonds. The van der Waals surface area contributed by atoms with Crippen LogP contribution >= 0.6 is 0 Å². The lowest BCUT2D eigenvalue weighted by Gasteiger charge is -2.45. The molecule has 104 valence electrons. The van der Waals surface area contributed by atoms with Gasteiger partial charge in [-0.25, -0.2) is 0 Å². The van der Waals surface area contributed by atoms with E-state index < -0.39 is 0 Å². The minimum atomic E-state index is -0.378. The summed E-state index contributed by atoms with van der Waals surface area (Å²) >= 11 is 0. The van der Waals surface area contributed by atoms with Crippen LogP contribution in [0.25, 0.3) is 0 Å². The molecule has 19 heavy (non-hydrogen) atoms. The largest absolute Gasteiger partial charge is 0.487 e. The van der Waals surface area contributed by atoms with Crippen molar-refractivity contribution in [2.24, 2.45) is 0 Å². The molecule has 3 nitrogen and oxygen atoms in total. The molecule has 1 aromatic rings. The lowest BCUT2D eigenvalue weighted by Crippen LogP contribution is -2.50. The van der Waals surface area contributed by atoms with E-state index in [0.717, 1.165) is 50.2 Å². The van der Waals surface area contributed by atoms with Crippen molar-refractivity contribution in [3.63, 3.8) is 0 Å². The Morgan fingerprint density at radius 3 is 2.79 bits per heavy atom. The Labute approximate surface area is 115 Å². The number of aliphatic hydroxyl groups is 1. The molecule has 2 aliphatic rings. The van der Waals surface area contributed by atoms with Crippen molar-refractivity contribution in [3.8, 4) is 5.75 Å². The van der Waals surface area contributed by atoms with Crippen LogP contribution in [-0.2, 0) is 0 Å². The molecule has 0 aromatic heterocycles. The Kier molecular flexibility index (Phi) is 3.27. The van der Waals surface area contributed by atoms with Gasteiger partial charge >= 0.3 is 0 Å². The molecule has 3 rings (SSSR count). The van der Waals surface area contributed by atoms with E-state index in [1.807, 2.05) is 12.1 Å². The summed E-state index contributed by atoms with van der Waals surface area (Å²) in [5, 5.41) is 10.4. The summed E-state index contributed by atoms with van der Waals surface area (Å²) in [7, 11) is 0. The minimum Gasteiger partial charge on any atom is -0.487 e. The zero-order valence-corrected chi connectivity index (χ0v) is 11.9. The lowest BCUT2D eigenvalue weighted by molar-refractivity contribution is -0.0531. The normalized spacial score (nSPS) is 25.9. The third kappa shape index (κ3) is 2.37. The molecule has 2 heterocycles. The monoisotopic (exact) mass is 261 g/mol. The first kappa shape index (κ1) is 12.9. The molecular weight excluding hydrogens is 238 g/mol. The van der Waals surface area contributed by atoms with Crippen molar-refractivity contribution < 1.29 is 9.84 Å². The molecule has 0 bridgehead atoms. The number of benzene rings is 1. The van der Waals surface area contributed by atoms with Gasteiger partial charge in [0.2, 0.25) is 0 Å². The fraction of sp³-hybridized carbons (Fsp3) is 0.625. The number of hydrogen-bond donors (Lipinski definition) is 1. The number of aryl methyl sites for hydroxylation is 1. The highest BCUT2D eigenvalue weighted by Gasteiger charge is 2.42. The van der Waals surface area contributed by atoms with Crippen LogP contribution in [0.4, 0.5) is 0 Å². The summed E-state index contributed by atoms with van der Waals surface area (Å²) in [6.45, 7) is 7.51. The highest BCUT2D eigenvalue weighted by atomic mass is 16.5. The van der Waals surface area contributed by atoms with Crippen LogP contribution in [0.3, 0.4) is 0 Å². The maximum atomic E-state index is 10.4. The van der Waals surface area contributed by atoms with Crippen LogP contribution in [-0.4, -0.2) is 35.2 Å². The predicted octanol–water partition coefficient (Wildman–Crippen LogP) is 2.67. The standard InChI is InChI=1S/C16H23NO2/c1-3-17-8-6-16(7-9-17)11-14(18)13-10-12(2)4-5-15(13)19-16/h4-5,10,14,18H,3,6-9,11H2,1-2H3/t14-/m0/s1. The van der Waals surface area contributed by atoms with E-state index in [-0.39, 0.29) is 11.7 Å². The Hall–Kier alpha value is -1.06. The van der Waals surface area contributed by atoms with Crippen LogP contribution in [0.5, 0.6) is 5.75 Å². The van der Waals surface area contributed by atoms with Crippen LogP contribution in [0, 0.1) is 6.92 Å². The van der Waals surface area contributed by atoms with Crippen molar-refractivity contribution in [1.82, 2.24) is 4.90 Å². The van der Waals surface area contributed by atoms with Crippen molar-refractivity contribution >= 4 is 0 Å². The fourth-order valence-corrected chi connectivity index (χ4v) is 3.34. The number of fused-ring (bicyclic) bond motifs is 1. The van der Waals surface area contributed by atoms with E-state index in [0.29, 0.717) is 0 Å². The molecule has 0 saturated carbocycles. The zero-order valence-electron chi connectivity index (χ0n) is 11.9. The molecule has 2 aliphatic heterocycles. The first-order valence-corrected chi connectivity index (χ1v) is 7.32. The van der Waals surface area contributed by atoms with Crippen LogP contribution in [0.2, 0.25) is 0 Å². The van der Waals surface area contributed by atoms with Gasteiger partial charge in [-0.15, -0.1) is 0 Å². The van der Waals surface area contributed by atoms with E-state index >= 15 is 0 Å². The van der Waals surface area contributed by atoms with Gasteiger partial charge in [-0.2, -0.15) is 0 Å². The summed E-state index contributed by atoms with van der Waals surface area (Å²) in [6.07, 6.45) is 2.40. The van der Waals surface area contributed by atoms with Crippen molar-refractivity contribution in [1.29, 1.82) is 0 Å². The van der Waals surface area contributed by atoms with E-state index in [4.69, 9.17) is 4.74 Å². The maximum absolute atomic E-state index is 10.4. The van der Waals surface area contributed by atoms with Crippen molar-refractivity contribution in [2.45, 2.75) is 44.8 Å². The smallest absolute Gasteiger partial charge is 0.125 e. The summed E-state index contributed by atoms with van der Waals surface area (Å²) in [4.78, 5) is 2.45. The van der Waals surface area contributed by atoms with Gasteiger partial charge in [0.15, 0.2) is 0 Å². The van der Waals surface area contributed by atoms with Gasteiger partial charge in [0, 0.05) is 25.1 Å². The molecule has 1 spiro atoms. The molecule has 1 aromatic carbocycles. The fourth-order valence-electron chi connectivity index (χ4n) is 3.34. The Bertz CT molecular complexity index is 464. The highest BCUT2D eigenvalue weighted by molar-refractivity contribution is 5.41. The zero-order chi connectivity index (χ0) is 13.5. The Morgan fingerprint density at radius 1 is 1.37 bits per heavy atom. The van der Waals surface area contributed by atoms with E-state index in [1.165, 1.54) is 5.56 Å². The number of hydrogen-bond acceptors (Lipinski definition) is 3. The average Bonchev–Trinajstić information content (AvgIpc) is 2.41. The number of rotatable bonds is 1. The first-order chi connectivity index (χ1) is 9.12. The Balaban J connectivity index is 1.83. The van der Waals surface area contributed by atoms with Gasteiger partial charge < -0.3 is 14.7 Å². The van der Waals surface area contributed by atoms with Gasteiger partial charge in [0.05, 0.1) is 6.10 Å². The number of nitrogens with zero attached hydrogens (tertiary/aromatic N) is 1. The van der Waals surface area contributed by atoms with Gasteiger partial charge in [-0.3, -0.25) is 0 Å². The van der Waals surface area contributed by atoms with E-state index in [1.54, 1.807) is 0 Å². The predicted molar refractivity (Wildman–Crippen MR) is 75.5 cm³/mol. The lowest BCUT2D eigenvalue weighted by atomic mass is 9.81. The summed E-state index contributed by atoms with van der Waals surface area (Å²) in [5.74, 6) is 0.884. The molecule has 1 saturated heterocycles. The number of likely N-dealkylation sites (tertiary alicyclic amines) is 1. The molecule has 1 atom stereocenters. The molecular formula is C16H23NO2. The summed E-state index contributed by atoms with van der Waals surface area (Å²) in [6, 6.07) is 6.13. The molecule has 0 aliphatic carbocycles. The quantitative estimate of drug-likeness (QED) is 0.843. The van der Waals surface area contributed by atoms with Crippen LogP contribution in [0.15, 0.2) is 18.2 Å². The molecule has 3 heteroatoms. The van der Waals surface area contributed by atoms with Crippen LogP contribution < -0.4 is 4.74 Å². The van der Waals surface area contributed by atoms with Gasteiger partial charge in [0.1, 0.15) is 11.4 Å². The molecule has 1 fully saturated rings. The first-order valence-electron chi connectivity index (χ1n) is 7.32. The third-order valence-corrected chi connectivity index (χ3v) is 4.63. The topological polar surface area (TPSA) is 32.7 Å². The van der Waals surface area contributed by atoms with Gasteiger partial charge in [0.25, 0.3) is 0 Å². The van der Waals surface area contributed by atoms with E-state index in [2.05, 4.69) is 24.8 Å². The second-order valence-corrected chi connectivity index (χ2v) is 5.98. The van der Waals surface area contributed by atoms with Crippen LogP contribution in [0.1, 0.15) is 43.4 Å². The van der Waals surface area contributed by atoms with Gasteiger partial charge in [-0.1, -0.05) is 18.6 Å². The van der Waals surface area contributed by atoms with E-state index in [9.17, 15) is 5.11 Å². The number of piperidine rings is 1. The van der Waals surface area contributed by atoms with Crippen molar-refractivity contribution in [3.05, 3.63) is 29.3 Å². The summed E-state index contributed by atoms with van der Waals surface area (Å²) < 4.78 is 6.29. The number of aliphatic hydroxyl groups excluding tert-OH is 1. The molecule has 0 unspecified atom stereocenters.